The van der Waals surface area contributed by atoms with Gasteiger partial charge in [0.2, 0.25) is 0 Å². The summed E-state index contributed by atoms with van der Waals surface area (Å²) in [7, 11) is 0. The average Bonchev–Trinajstić information content (AvgIpc) is 2.47. The van der Waals surface area contributed by atoms with Crippen LogP contribution in [0.2, 0.25) is 5.02 Å². The smallest absolute Gasteiger partial charge is 0.310 e. The van der Waals surface area contributed by atoms with Crippen LogP contribution in [0.4, 0.5) is 0 Å². The molecule has 0 aliphatic carbocycles. The third kappa shape index (κ3) is 2.84. The van der Waals surface area contributed by atoms with Crippen LogP contribution in [0.25, 0.3) is 0 Å². The molecule has 0 amide bonds. The third-order valence-electron chi connectivity index (χ3n) is 4.64. The molecule has 1 fully saturated rings. The number of carbonyl (C=O) groups is 1. The molecule has 1 aromatic rings. The van der Waals surface area contributed by atoms with E-state index in [1.54, 1.807) is 0 Å². The van der Waals surface area contributed by atoms with Crippen molar-refractivity contribution in [2.45, 2.75) is 39.2 Å². The number of nitrogens with zero attached hydrogens (tertiary/aromatic N) is 1. The van der Waals surface area contributed by atoms with Crippen LogP contribution < -0.4 is 0 Å². The van der Waals surface area contributed by atoms with Gasteiger partial charge in [-0.15, -0.1) is 0 Å². The van der Waals surface area contributed by atoms with E-state index in [0.717, 1.165) is 30.0 Å². The second-order valence-corrected chi connectivity index (χ2v) is 6.12. The van der Waals surface area contributed by atoms with Gasteiger partial charge in [-0.25, -0.2) is 0 Å². The van der Waals surface area contributed by atoms with Gasteiger partial charge < -0.3 is 5.11 Å². The number of benzene rings is 1. The largest absolute Gasteiger partial charge is 0.481 e. The molecule has 20 heavy (non-hydrogen) atoms. The van der Waals surface area contributed by atoms with Gasteiger partial charge in [-0.1, -0.05) is 36.7 Å². The number of piperidine rings is 1. The molecule has 0 bridgehead atoms. The molecular weight excluding hydrogens is 274 g/mol. The van der Waals surface area contributed by atoms with Gasteiger partial charge in [-0.05, 0) is 44.4 Å². The fourth-order valence-electron chi connectivity index (χ4n) is 3.12. The first-order valence-corrected chi connectivity index (χ1v) is 7.60. The number of halogens is 1. The van der Waals surface area contributed by atoms with Gasteiger partial charge in [-0.2, -0.15) is 0 Å². The highest BCUT2D eigenvalue weighted by molar-refractivity contribution is 6.31. The first-order valence-electron chi connectivity index (χ1n) is 7.22. The normalized spacial score (nSPS) is 25.4. The summed E-state index contributed by atoms with van der Waals surface area (Å²) in [6.07, 6.45) is 2.37. The zero-order chi connectivity index (χ0) is 14.8. The Morgan fingerprint density at radius 1 is 1.50 bits per heavy atom. The first kappa shape index (κ1) is 15.3. The summed E-state index contributed by atoms with van der Waals surface area (Å²) in [6.45, 7) is 5.61. The molecule has 1 saturated heterocycles. The molecule has 2 rings (SSSR count). The topological polar surface area (TPSA) is 40.5 Å². The Kier molecular flexibility index (Phi) is 4.71. The zero-order valence-electron chi connectivity index (χ0n) is 12.1. The number of aliphatic carboxylic acids is 1. The highest BCUT2D eigenvalue weighted by Gasteiger charge is 2.42. The minimum absolute atomic E-state index is 0.147. The standard InChI is InChI=1S/C16H22ClNO2/c1-3-16(15(19)20)9-6-10-18(11-16)12(2)13-7-4-5-8-14(13)17/h4-5,7-8,12H,3,6,9-11H2,1-2H3,(H,19,20). The van der Waals surface area contributed by atoms with Crippen molar-refractivity contribution >= 4 is 17.6 Å². The summed E-state index contributed by atoms with van der Waals surface area (Å²) < 4.78 is 0. The molecule has 0 aromatic heterocycles. The SMILES string of the molecule is CCC1(C(=O)O)CCCN(C(C)c2ccccc2Cl)C1. The Bertz CT molecular complexity index is 491. The average molecular weight is 296 g/mol. The van der Waals surface area contributed by atoms with Gasteiger partial charge in [0.1, 0.15) is 0 Å². The van der Waals surface area contributed by atoms with Gasteiger partial charge in [-0.3, -0.25) is 9.69 Å². The lowest BCUT2D eigenvalue weighted by molar-refractivity contribution is -0.153. The van der Waals surface area contributed by atoms with Gasteiger partial charge in [0.25, 0.3) is 0 Å². The second kappa shape index (κ2) is 6.15. The summed E-state index contributed by atoms with van der Waals surface area (Å²) in [5.41, 5.74) is 0.472. The highest BCUT2D eigenvalue weighted by Crippen LogP contribution is 2.38. The Labute approximate surface area is 125 Å². The molecule has 110 valence electrons. The van der Waals surface area contributed by atoms with Crippen molar-refractivity contribution in [2.75, 3.05) is 13.1 Å². The van der Waals surface area contributed by atoms with Gasteiger partial charge >= 0.3 is 5.97 Å². The number of rotatable bonds is 4. The van der Waals surface area contributed by atoms with Crippen molar-refractivity contribution in [3.63, 3.8) is 0 Å². The molecule has 1 aliphatic rings. The molecule has 0 spiro atoms. The van der Waals surface area contributed by atoms with Crippen molar-refractivity contribution in [1.29, 1.82) is 0 Å². The first-order chi connectivity index (χ1) is 9.50. The minimum Gasteiger partial charge on any atom is -0.481 e. The summed E-state index contributed by atoms with van der Waals surface area (Å²) in [5.74, 6) is -0.670. The van der Waals surface area contributed by atoms with Crippen molar-refractivity contribution in [1.82, 2.24) is 4.90 Å². The van der Waals surface area contributed by atoms with E-state index in [9.17, 15) is 9.90 Å². The molecule has 3 nitrogen and oxygen atoms in total. The molecular formula is C16H22ClNO2. The van der Waals surface area contributed by atoms with Gasteiger partial charge in [0.05, 0.1) is 5.41 Å². The predicted molar refractivity (Wildman–Crippen MR) is 81.0 cm³/mol. The second-order valence-electron chi connectivity index (χ2n) is 5.71. The van der Waals surface area contributed by atoms with E-state index in [0.29, 0.717) is 13.0 Å². The van der Waals surface area contributed by atoms with Crippen LogP contribution in [0.3, 0.4) is 0 Å². The van der Waals surface area contributed by atoms with Crippen LogP contribution in [0.15, 0.2) is 24.3 Å². The molecule has 4 heteroatoms. The van der Waals surface area contributed by atoms with E-state index in [1.165, 1.54) is 0 Å². The Morgan fingerprint density at radius 2 is 2.20 bits per heavy atom. The van der Waals surface area contributed by atoms with E-state index < -0.39 is 11.4 Å². The predicted octanol–water partition coefficient (Wildman–Crippen LogP) is 3.98. The third-order valence-corrected chi connectivity index (χ3v) is 4.98. The maximum atomic E-state index is 11.6. The summed E-state index contributed by atoms with van der Waals surface area (Å²) in [4.78, 5) is 13.9. The summed E-state index contributed by atoms with van der Waals surface area (Å²) in [5, 5.41) is 10.3. The molecule has 1 N–H and O–H groups in total. The van der Waals surface area contributed by atoms with Crippen molar-refractivity contribution in [2.24, 2.45) is 5.41 Å². The molecule has 1 aromatic carbocycles. The maximum Gasteiger partial charge on any atom is 0.310 e. The van der Waals surface area contributed by atoms with Crippen LogP contribution in [0, 0.1) is 5.41 Å². The molecule has 0 saturated carbocycles. The van der Waals surface area contributed by atoms with Crippen LogP contribution >= 0.6 is 11.6 Å². The highest BCUT2D eigenvalue weighted by atomic mass is 35.5. The summed E-state index contributed by atoms with van der Waals surface area (Å²) >= 11 is 6.26. The molecule has 2 atom stereocenters. The van der Waals surface area contributed by atoms with E-state index in [1.807, 2.05) is 31.2 Å². The van der Waals surface area contributed by atoms with E-state index >= 15 is 0 Å². The monoisotopic (exact) mass is 295 g/mol. The molecule has 2 unspecified atom stereocenters. The number of carboxylic acids is 1. The van der Waals surface area contributed by atoms with Crippen LogP contribution in [0.1, 0.15) is 44.7 Å². The van der Waals surface area contributed by atoms with E-state index in [2.05, 4.69) is 11.8 Å². The Balaban J connectivity index is 2.21. The van der Waals surface area contributed by atoms with E-state index in [-0.39, 0.29) is 6.04 Å². The number of hydrogen-bond acceptors (Lipinski definition) is 2. The maximum absolute atomic E-state index is 11.6. The van der Waals surface area contributed by atoms with Gasteiger partial charge in [0, 0.05) is 17.6 Å². The van der Waals surface area contributed by atoms with Crippen LogP contribution in [0.5, 0.6) is 0 Å². The van der Waals surface area contributed by atoms with Gasteiger partial charge in [0.15, 0.2) is 0 Å². The molecule has 1 heterocycles. The van der Waals surface area contributed by atoms with Crippen molar-refractivity contribution in [3.8, 4) is 0 Å². The number of hydrogen-bond donors (Lipinski definition) is 1. The molecule has 0 radical (unpaired) electrons. The lowest BCUT2D eigenvalue weighted by Crippen LogP contribution is -2.48. The number of carboxylic acid groups (broad SMARTS) is 1. The van der Waals surface area contributed by atoms with Crippen LogP contribution in [-0.4, -0.2) is 29.1 Å². The Hall–Kier alpha value is -1.06. The summed E-state index contributed by atoms with van der Waals surface area (Å²) in [6, 6.07) is 7.96. The van der Waals surface area contributed by atoms with Crippen molar-refractivity contribution < 1.29 is 9.90 Å². The minimum atomic E-state index is -0.670. The Morgan fingerprint density at radius 3 is 2.80 bits per heavy atom. The molecule has 1 aliphatic heterocycles. The quantitative estimate of drug-likeness (QED) is 0.913. The fourth-order valence-corrected chi connectivity index (χ4v) is 3.42. The lowest BCUT2D eigenvalue weighted by atomic mass is 9.77. The fraction of sp³-hybridized carbons (Fsp3) is 0.562. The zero-order valence-corrected chi connectivity index (χ0v) is 12.9. The van der Waals surface area contributed by atoms with Crippen LogP contribution in [-0.2, 0) is 4.79 Å². The lowest BCUT2D eigenvalue weighted by Gasteiger charge is -2.42. The number of likely N-dealkylation sites (tertiary alicyclic amines) is 1. The van der Waals surface area contributed by atoms with Crippen molar-refractivity contribution in [3.05, 3.63) is 34.9 Å². The van der Waals surface area contributed by atoms with E-state index in [4.69, 9.17) is 11.6 Å².